The maximum Gasteiger partial charge on any atom is 0.424 e. The Hall–Kier alpha value is -4.82. The molecule has 4 N–H and O–H groups in total. The highest BCUT2D eigenvalue weighted by molar-refractivity contribution is 6.00. The van der Waals surface area contributed by atoms with Crippen LogP contribution in [0, 0.1) is 5.82 Å². The van der Waals surface area contributed by atoms with Crippen LogP contribution in [0.3, 0.4) is 0 Å². The Bertz CT molecular complexity index is 1980. The molecule has 2 amide bonds. The van der Waals surface area contributed by atoms with Gasteiger partial charge in [0.15, 0.2) is 0 Å². The van der Waals surface area contributed by atoms with Gasteiger partial charge in [0.2, 0.25) is 11.5 Å². The van der Waals surface area contributed by atoms with Crippen LogP contribution in [0.2, 0.25) is 0 Å². The smallest absolute Gasteiger partial charge is 0.424 e. The van der Waals surface area contributed by atoms with Crippen LogP contribution >= 0.6 is 0 Å². The van der Waals surface area contributed by atoms with Crippen molar-refractivity contribution in [3.05, 3.63) is 83.4 Å². The standard InChI is InChI=1S/C36H34F4N4O6/c1-33(32(46)42-14-12-34(47)10-11-34)19-49-30-25(33)17-27(44-29(30)20-4-6-23(37)7-5-20)35(48,36(38,39)40)18-43-31(45)22-15-21-3-2-13-41-28(21)26(16-22)50-24-8-9-24/h2-7,13,15-17,24,47-48H,8-12,14,18-19H2,1H3,(H,42,46)(H,43,45)/t33-,35?/m0/s1. The zero-order chi connectivity index (χ0) is 35.5. The summed E-state index contributed by atoms with van der Waals surface area (Å²) in [6, 6.07) is 12.0. The quantitative estimate of drug-likeness (QED) is 0.164. The second-order valence-electron chi connectivity index (χ2n) is 13.5. The molecule has 262 valence electrons. The van der Waals surface area contributed by atoms with Crippen LogP contribution in [0.5, 0.6) is 11.5 Å². The van der Waals surface area contributed by atoms with E-state index in [1.54, 1.807) is 18.3 Å². The van der Waals surface area contributed by atoms with E-state index in [2.05, 4.69) is 20.6 Å². The lowest BCUT2D eigenvalue weighted by molar-refractivity contribution is -0.265. The lowest BCUT2D eigenvalue weighted by atomic mass is 9.81. The van der Waals surface area contributed by atoms with Crippen molar-refractivity contribution in [3.8, 4) is 22.8 Å². The van der Waals surface area contributed by atoms with E-state index in [0.717, 1.165) is 31.0 Å². The molecule has 4 aromatic rings. The molecule has 0 bridgehead atoms. The number of carbonyl (C=O) groups excluding carboxylic acids is 2. The molecule has 0 spiro atoms. The van der Waals surface area contributed by atoms with Crippen LogP contribution in [-0.2, 0) is 15.8 Å². The van der Waals surface area contributed by atoms with Crippen LogP contribution in [-0.4, -0.2) is 69.6 Å². The van der Waals surface area contributed by atoms with E-state index in [4.69, 9.17) is 9.47 Å². The van der Waals surface area contributed by atoms with E-state index in [1.165, 1.54) is 31.2 Å². The van der Waals surface area contributed by atoms with Gasteiger partial charge in [-0.1, -0.05) is 6.07 Å². The molecule has 3 heterocycles. The number of ether oxygens (including phenoxy) is 2. The SMILES string of the molecule is C[C@]1(C(=O)NCCC2(O)CC2)COc2c1cc(C(O)(CNC(=O)c1cc(OC3CC3)c3ncccc3c1)C(F)(F)F)nc2-c1ccc(F)cc1. The molecule has 2 fully saturated rings. The van der Waals surface area contributed by atoms with E-state index < -0.39 is 52.7 Å². The summed E-state index contributed by atoms with van der Waals surface area (Å²) in [5, 5.41) is 27.2. The minimum atomic E-state index is -5.37. The largest absolute Gasteiger partial charge is 0.489 e. The third-order valence-electron chi connectivity index (χ3n) is 9.54. The number of alkyl halides is 3. The van der Waals surface area contributed by atoms with Crippen molar-refractivity contribution in [1.29, 1.82) is 0 Å². The van der Waals surface area contributed by atoms with Crippen molar-refractivity contribution in [2.45, 2.75) is 67.9 Å². The molecule has 0 radical (unpaired) electrons. The molecule has 10 nitrogen and oxygen atoms in total. The van der Waals surface area contributed by atoms with Gasteiger partial charge >= 0.3 is 6.18 Å². The Morgan fingerprint density at radius 1 is 1.08 bits per heavy atom. The summed E-state index contributed by atoms with van der Waals surface area (Å²) in [4.78, 5) is 35.5. The van der Waals surface area contributed by atoms with Crippen LogP contribution in [0.1, 0.15) is 60.6 Å². The molecule has 0 saturated heterocycles. The minimum absolute atomic E-state index is 0.000329. The summed E-state index contributed by atoms with van der Waals surface area (Å²) in [5.41, 5.74) is -6.49. The Morgan fingerprint density at radius 2 is 1.82 bits per heavy atom. The zero-order valence-corrected chi connectivity index (χ0v) is 26.9. The third-order valence-corrected chi connectivity index (χ3v) is 9.54. The molecular weight excluding hydrogens is 660 g/mol. The third kappa shape index (κ3) is 6.33. The molecule has 2 atom stereocenters. The number of hydrogen-bond donors (Lipinski definition) is 4. The van der Waals surface area contributed by atoms with Crippen molar-refractivity contribution in [2.24, 2.45) is 0 Å². The monoisotopic (exact) mass is 694 g/mol. The summed E-state index contributed by atoms with van der Waals surface area (Å²) >= 11 is 0. The fourth-order valence-corrected chi connectivity index (χ4v) is 5.98. The number of benzene rings is 2. The summed E-state index contributed by atoms with van der Waals surface area (Å²) < 4.78 is 70.6. The summed E-state index contributed by atoms with van der Waals surface area (Å²) in [5.74, 6) is -1.77. The lowest BCUT2D eigenvalue weighted by Crippen LogP contribution is -2.52. The van der Waals surface area contributed by atoms with Gasteiger partial charge in [0, 0.05) is 34.8 Å². The summed E-state index contributed by atoms with van der Waals surface area (Å²) in [7, 11) is 0. The molecule has 1 unspecified atom stereocenters. The van der Waals surface area contributed by atoms with Gasteiger partial charge in [-0.3, -0.25) is 14.6 Å². The second kappa shape index (κ2) is 12.2. The van der Waals surface area contributed by atoms with Gasteiger partial charge in [-0.2, -0.15) is 13.2 Å². The number of halogens is 4. The number of fused-ring (bicyclic) bond motifs is 2. The number of carbonyl (C=O) groups is 2. The summed E-state index contributed by atoms with van der Waals surface area (Å²) in [6.45, 7) is 0.0134. The maximum absolute atomic E-state index is 15.0. The van der Waals surface area contributed by atoms with Gasteiger partial charge in [-0.05, 0) is 87.6 Å². The van der Waals surface area contributed by atoms with Gasteiger partial charge in [-0.25, -0.2) is 9.37 Å². The average molecular weight is 695 g/mol. The normalized spacial score (nSPS) is 20.4. The van der Waals surface area contributed by atoms with Crippen molar-refractivity contribution in [3.63, 3.8) is 0 Å². The van der Waals surface area contributed by atoms with Crippen molar-refractivity contribution in [2.75, 3.05) is 19.7 Å². The number of aliphatic hydroxyl groups is 2. The summed E-state index contributed by atoms with van der Waals surface area (Å²) in [6.07, 6.45) is -0.667. The Kier molecular flexibility index (Phi) is 8.21. The van der Waals surface area contributed by atoms with Crippen LogP contribution in [0.15, 0.2) is 60.8 Å². The first-order valence-corrected chi connectivity index (χ1v) is 16.3. The topological polar surface area (TPSA) is 143 Å². The van der Waals surface area contributed by atoms with E-state index in [0.29, 0.717) is 35.9 Å². The molecule has 50 heavy (non-hydrogen) atoms. The highest BCUT2D eigenvalue weighted by Crippen LogP contribution is 2.48. The van der Waals surface area contributed by atoms with Gasteiger partial charge in [0.05, 0.1) is 23.9 Å². The van der Waals surface area contributed by atoms with Gasteiger partial charge < -0.3 is 30.3 Å². The highest BCUT2D eigenvalue weighted by Gasteiger charge is 2.58. The predicted octanol–water partition coefficient (Wildman–Crippen LogP) is 4.84. The van der Waals surface area contributed by atoms with Gasteiger partial charge in [0.1, 0.15) is 40.5 Å². The number of amides is 2. The number of pyridine rings is 2. The first kappa shape index (κ1) is 33.7. The Labute approximate surface area is 283 Å². The zero-order valence-electron chi connectivity index (χ0n) is 26.9. The maximum atomic E-state index is 15.0. The molecule has 2 aromatic carbocycles. The molecule has 1 aliphatic heterocycles. The van der Waals surface area contributed by atoms with Gasteiger partial charge in [-0.15, -0.1) is 0 Å². The average Bonchev–Trinajstić information content (AvgIpc) is 4.02. The number of nitrogens with zero attached hydrogens (tertiary/aromatic N) is 2. The van der Waals surface area contributed by atoms with E-state index in [1.807, 2.05) is 0 Å². The van der Waals surface area contributed by atoms with Crippen LogP contribution in [0.4, 0.5) is 17.6 Å². The fourth-order valence-electron chi connectivity index (χ4n) is 5.98. The Balaban J connectivity index is 1.24. The molecule has 2 aromatic heterocycles. The number of hydrogen-bond acceptors (Lipinski definition) is 8. The molecule has 14 heteroatoms. The molecule has 2 saturated carbocycles. The highest BCUT2D eigenvalue weighted by atomic mass is 19.4. The fraction of sp³-hybridized carbons (Fsp3) is 0.389. The van der Waals surface area contributed by atoms with E-state index in [-0.39, 0.29) is 47.4 Å². The van der Waals surface area contributed by atoms with Crippen LogP contribution in [0.25, 0.3) is 22.2 Å². The van der Waals surface area contributed by atoms with E-state index in [9.17, 15) is 37.4 Å². The molecular formula is C36H34F4N4O6. The Morgan fingerprint density at radius 3 is 2.50 bits per heavy atom. The van der Waals surface area contributed by atoms with Gasteiger partial charge in [0.25, 0.3) is 5.91 Å². The molecule has 2 aliphatic carbocycles. The first-order valence-electron chi connectivity index (χ1n) is 16.3. The second-order valence-corrected chi connectivity index (χ2v) is 13.5. The van der Waals surface area contributed by atoms with Crippen molar-refractivity contribution >= 4 is 22.7 Å². The lowest BCUT2D eigenvalue weighted by Gasteiger charge is -2.31. The number of aromatic nitrogens is 2. The predicted molar refractivity (Wildman–Crippen MR) is 172 cm³/mol. The van der Waals surface area contributed by atoms with Crippen LogP contribution < -0.4 is 20.1 Å². The first-order chi connectivity index (χ1) is 23.7. The minimum Gasteiger partial charge on any atom is -0.489 e. The van der Waals surface area contributed by atoms with Crippen molar-refractivity contribution in [1.82, 2.24) is 20.6 Å². The molecule has 7 rings (SSSR count). The number of nitrogens with one attached hydrogen (secondary N) is 2. The van der Waals surface area contributed by atoms with Crippen molar-refractivity contribution < 1.29 is 46.8 Å². The number of rotatable bonds is 11. The molecule has 3 aliphatic rings. The van der Waals surface area contributed by atoms with E-state index >= 15 is 0 Å².